The van der Waals surface area contributed by atoms with E-state index in [1.54, 1.807) is 24.5 Å². The molecule has 9 heteroatoms. The van der Waals surface area contributed by atoms with Gasteiger partial charge in [-0.3, -0.25) is 30.2 Å². The van der Waals surface area contributed by atoms with Crippen molar-refractivity contribution in [3.8, 4) is 0 Å². The molecule has 0 bridgehead atoms. The van der Waals surface area contributed by atoms with Crippen molar-refractivity contribution in [1.82, 2.24) is 9.97 Å². The van der Waals surface area contributed by atoms with Crippen LogP contribution in [0.25, 0.3) is 0 Å². The normalized spacial score (nSPS) is 10.0. The number of hydrogen-bond acceptors (Lipinski definition) is 7. The van der Waals surface area contributed by atoms with Crippen LogP contribution in [0, 0.1) is 20.2 Å². The number of nitro groups is 2. The molecule has 20 heavy (non-hydrogen) atoms. The molecule has 0 spiro atoms. The maximum absolute atomic E-state index is 10.9. The van der Waals surface area contributed by atoms with Gasteiger partial charge in [-0.1, -0.05) is 6.07 Å². The summed E-state index contributed by atoms with van der Waals surface area (Å²) >= 11 is 0. The summed E-state index contributed by atoms with van der Waals surface area (Å²) in [6.45, 7) is 0.180. The standard InChI is InChI=1S/C11H9N5O4/c17-15(18)9-6-13-7-10(16(19)20)11(9)14-5-8-2-1-3-12-4-8/h1-4,6-7H,5H2,(H,13,14). The van der Waals surface area contributed by atoms with E-state index < -0.39 is 21.2 Å². The van der Waals surface area contributed by atoms with Crippen molar-refractivity contribution >= 4 is 17.1 Å². The highest BCUT2D eigenvalue weighted by molar-refractivity contribution is 5.72. The molecular weight excluding hydrogens is 266 g/mol. The van der Waals surface area contributed by atoms with Gasteiger partial charge in [0.1, 0.15) is 12.4 Å². The molecule has 0 radical (unpaired) electrons. The van der Waals surface area contributed by atoms with E-state index in [0.29, 0.717) is 0 Å². The van der Waals surface area contributed by atoms with Gasteiger partial charge in [-0.25, -0.2) is 0 Å². The molecule has 1 N–H and O–H groups in total. The predicted octanol–water partition coefficient (Wildman–Crippen LogP) is 1.91. The Hall–Kier alpha value is -3.10. The van der Waals surface area contributed by atoms with Crippen LogP contribution in [0.2, 0.25) is 0 Å². The molecule has 9 nitrogen and oxygen atoms in total. The van der Waals surface area contributed by atoms with Crippen LogP contribution in [-0.4, -0.2) is 19.8 Å². The van der Waals surface area contributed by atoms with Crippen LogP contribution in [0.3, 0.4) is 0 Å². The van der Waals surface area contributed by atoms with Crippen molar-refractivity contribution < 1.29 is 9.85 Å². The van der Waals surface area contributed by atoms with Gasteiger partial charge in [0.05, 0.1) is 9.85 Å². The maximum Gasteiger partial charge on any atom is 0.317 e. The molecule has 2 heterocycles. The molecule has 0 fully saturated rings. The zero-order chi connectivity index (χ0) is 14.5. The van der Waals surface area contributed by atoms with E-state index in [-0.39, 0.29) is 12.2 Å². The number of rotatable bonds is 5. The lowest BCUT2D eigenvalue weighted by Crippen LogP contribution is -2.06. The molecule has 102 valence electrons. The van der Waals surface area contributed by atoms with Crippen molar-refractivity contribution in [2.24, 2.45) is 0 Å². The van der Waals surface area contributed by atoms with E-state index in [2.05, 4.69) is 15.3 Å². The zero-order valence-electron chi connectivity index (χ0n) is 10.1. The Balaban J connectivity index is 2.33. The molecule has 0 saturated carbocycles. The van der Waals surface area contributed by atoms with E-state index in [9.17, 15) is 20.2 Å². The van der Waals surface area contributed by atoms with Gasteiger partial charge in [0.15, 0.2) is 5.69 Å². The van der Waals surface area contributed by atoms with Gasteiger partial charge in [0, 0.05) is 18.9 Å². The SMILES string of the molecule is O=[N+]([O-])c1cncc([N+](=O)[O-])c1NCc1cccnc1. The van der Waals surface area contributed by atoms with Crippen LogP contribution in [0.5, 0.6) is 0 Å². The Morgan fingerprint density at radius 2 is 1.70 bits per heavy atom. The van der Waals surface area contributed by atoms with E-state index in [1.165, 1.54) is 0 Å². The van der Waals surface area contributed by atoms with Crippen molar-refractivity contribution in [2.45, 2.75) is 6.54 Å². The molecule has 2 rings (SSSR count). The highest BCUT2D eigenvalue weighted by Crippen LogP contribution is 2.32. The van der Waals surface area contributed by atoms with Gasteiger partial charge >= 0.3 is 11.4 Å². The third-order valence-corrected chi connectivity index (χ3v) is 2.49. The maximum atomic E-state index is 10.9. The van der Waals surface area contributed by atoms with Gasteiger partial charge in [-0.15, -0.1) is 0 Å². The quantitative estimate of drug-likeness (QED) is 0.652. The fourth-order valence-corrected chi connectivity index (χ4v) is 1.59. The molecule has 0 amide bonds. The summed E-state index contributed by atoms with van der Waals surface area (Å²) in [5.41, 5.74) is -0.307. The van der Waals surface area contributed by atoms with Gasteiger partial charge in [-0.2, -0.15) is 0 Å². The largest absolute Gasteiger partial charge is 0.370 e. The number of hydrogen-bond donors (Lipinski definition) is 1. The lowest BCUT2D eigenvalue weighted by atomic mass is 10.2. The highest BCUT2D eigenvalue weighted by Gasteiger charge is 2.25. The van der Waals surface area contributed by atoms with Crippen molar-refractivity contribution in [2.75, 3.05) is 5.32 Å². The minimum absolute atomic E-state index is 0.168. The van der Waals surface area contributed by atoms with Gasteiger partial charge in [0.2, 0.25) is 0 Å². The predicted molar refractivity (Wildman–Crippen MR) is 69.1 cm³/mol. The summed E-state index contributed by atoms with van der Waals surface area (Å²) in [6.07, 6.45) is 5.09. The average Bonchev–Trinajstić information content (AvgIpc) is 2.45. The molecule has 0 saturated heterocycles. The summed E-state index contributed by atoms with van der Waals surface area (Å²) in [6, 6.07) is 3.45. The molecule has 2 aromatic heterocycles. The average molecular weight is 275 g/mol. The molecule has 0 unspecified atom stereocenters. The Bertz CT molecular complexity index is 614. The minimum atomic E-state index is -0.717. The summed E-state index contributed by atoms with van der Waals surface area (Å²) < 4.78 is 0. The van der Waals surface area contributed by atoms with E-state index in [1.807, 2.05) is 0 Å². The van der Waals surface area contributed by atoms with Crippen LogP contribution in [0.15, 0.2) is 36.9 Å². The second kappa shape index (κ2) is 5.69. The topological polar surface area (TPSA) is 124 Å². The summed E-state index contributed by atoms with van der Waals surface area (Å²) in [7, 11) is 0. The highest BCUT2D eigenvalue weighted by atomic mass is 16.6. The Kier molecular flexibility index (Phi) is 3.80. The third kappa shape index (κ3) is 2.83. The molecule has 0 aliphatic carbocycles. The molecule has 0 aliphatic rings. The van der Waals surface area contributed by atoms with Crippen LogP contribution in [-0.2, 0) is 6.54 Å². The third-order valence-electron chi connectivity index (χ3n) is 2.49. The molecule has 2 aromatic rings. The van der Waals surface area contributed by atoms with Gasteiger partial charge in [0.25, 0.3) is 0 Å². The van der Waals surface area contributed by atoms with Crippen molar-refractivity contribution in [3.63, 3.8) is 0 Å². The smallest absolute Gasteiger partial charge is 0.317 e. The lowest BCUT2D eigenvalue weighted by molar-refractivity contribution is -0.392. The first-order valence-electron chi connectivity index (χ1n) is 5.49. The monoisotopic (exact) mass is 275 g/mol. The first-order valence-corrected chi connectivity index (χ1v) is 5.49. The van der Waals surface area contributed by atoms with Crippen molar-refractivity contribution in [1.29, 1.82) is 0 Å². The Labute approximate surface area is 112 Å². The van der Waals surface area contributed by atoms with E-state index >= 15 is 0 Å². The van der Waals surface area contributed by atoms with Gasteiger partial charge in [-0.05, 0) is 11.6 Å². The minimum Gasteiger partial charge on any atom is -0.370 e. The number of pyridine rings is 2. The second-order valence-electron chi connectivity index (χ2n) is 3.78. The number of aromatic nitrogens is 2. The van der Waals surface area contributed by atoms with Crippen LogP contribution in [0.4, 0.5) is 17.1 Å². The molecule has 0 aliphatic heterocycles. The van der Waals surface area contributed by atoms with Crippen molar-refractivity contribution in [3.05, 3.63) is 62.7 Å². The zero-order valence-corrected chi connectivity index (χ0v) is 10.1. The number of nitrogens with one attached hydrogen (secondary N) is 1. The van der Waals surface area contributed by atoms with Crippen LogP contribution >= 0.6 is 0 Å². The van der Waals surface area contributed by atoms with E-state index in [0.717, 1.165) is 18.0 Å². The first kappa shape index (κ1) is 13.3. The summed E-state index contributed by atoms with van der Waals surface area (Å²) in [4.78, 5) is 27.8. The second-order valence-corrected chi connectivity index (χ2v) is 3.78. The molecular formula is C11H9N5O4. The summed E-state index contributed by atoms with van der Waals surface area (Å²) in [5.74, 6) is 0. The summed E-state index contributed by atoms with van der Waals surface area (Å²) in [5, 5.41) is 24.5. The first-order chi connectivity index (χ1) is 9.59. The van der Waals surface area contributed by atoms with Crippen LogP contribution in [0.1, 0.15) is 5.56 Å². The van der Waals surface area contributed by atoms with Crippen LogP contribution < -0.4 is 5.32 Å². The molecule has 0 atom stereocenters. The Morgan fingerprint density at radius 1 is 1.05 bits per heavy atom. The van der Waals surface area contributed by atoms with Gasteiger partial charge < -0.3 is 5.32 Å². The molecule has 0 aromatic carbocycles. The fraction of sp³-hybridized carbons (Fsp3) is 0.0909. The Morgan fingerprint density at radius 3 is 2.20 bits per heavy atom. The van der Waals surface area contributed by atoms with E-state index in [4.69, 9.17) is 0 Å². The number of nitrogens with zero attached hydrogens (tertiary/aromatic N) is 4. The fourth-order valence-electron chi connectivity index (χ4n) is 1.59. The lowest BCUT2D eigenvalue weighted by Gasteiger charge is -2.06. The number of anilines is 1.